The molecule has 0 radical (unpaired) electrons. The van der Waals surface area contributed by atoms with E-state index in [1.165, 1.54) is 10.5 Å². The molecule has 0 unspecified atom stereocenters. The quantitative estimate of drug-likeness (QED) is 0.691. The van der Waals surface area contributed by atoms with Crippen LogP contribution in [0.25, 0.3) is 0 Å². The first-order valence-corrected chi connectivity index (χ1v) is 5.06. The van der Waals surface area contributed by atoms with Crippen molar-refractivity contribution < 1.29 is 0 Å². The lowest BCUT2D eigenvalue weighted by atomic mass is 9.98. The Morgan fingerprint density at radius 2 is 2.25 bits per heavy atom. The Hall–Kier alpha value is -0.760. The summed E-state index contributed by atoms with van der Waals surface area (Å²) in [5.74, 6) is 0. The van der Waals surface area contributed by atoms with Crippen LogP contribution >= 0.6 is 11.8 Å². The lowest BCUT2D eigenvalue weighted by Crippen LogP contribution is -2.02. The van der Waals surface area contributed by atoms with Crippen molar-refractivity contribution in [3.8, 4) is 0 Å². The van der Waals surface area contributed by atoms with Crippen molar-refractivity contribution in [2.24, 2.45) is 0 Å². The first-order valence-electron chi connectivity index (χ1n) is 3.83. The summed E-state index contributed by atoms with van der Waals surface area (Å²) in [5.41, 5.74) is 2.97. The number of hydrogen-bond donors (Lipinski definition) is 1. The van der Waals surface area contributed by atoms with Gasteiger partial charge in [-0.2, -0.15) is 0 Å². The van der Waals surface area contributed by atoms with Gasteiger partial charge in [0.2, 0.25) is 0 Å². The fourth-order valence-corrected chi connectivity index (χ4v) is 1.86. The third kappa shape index (κ3) is 1.89. The van der Waals surface area contributed by atoms with Gasteiger partial charge in [0.25, 0.3) is 0 Å². The van der Waals surface area contributed by atoms with Gasteiger partial charge in [0.1, 0.15) is 0 Å². The summed E-state index contributed by atoms with van der Waals surface area (Å²) in [6.07, 6.45) is 6.65. The van der Waals surface area contributed by atoms with Crippen LogP contribution in [0.15, 0.2) is 34.8 Å². The van der Waals surface area contributed by atoms with Crippen LogP contribution < -0.4 is 0 Å². The molecule has 0 amide bonds. The molecule has 0 atom stereocenters. The van der Waals surface area contributed by atoms with E-state index in [1.54, 1.807) is 11.8 Å². The molecule has 1 nitrogen and oxygen atoms in total. The Morgan fingerprint density at radius 3 is 2.75 bits per heavy atom. The van der Waals surface area contributed by atoms with Gasteiger partial charge in [0, 0.05) is 17.0 Å². The van der Waals surface area contributed by atoms with Crippen LogP contribution in [0.5, 0.6) is 0 Å². The van der Waals surface area contributed by atoms with Crippen molar-refractivity contribution in [3.05, 3.63) is 34.8 Å². The molecular weight excluding hydrogens is 166 g/mol. The molecule has 0 aromatic rings. The van der Waals surface area contributed by atoms with E-state index in [2.05, 4.69) is 12.8 Å². The summed E-state index contributed by atoms with van der Waals surface area (Å²) in [5, 5.41) is 7.51. The van der Waals surface area contributed by atoms with E-state index in [4.69, 9.17) is 5.41 Å². The molecule has 0 aromatic heterocycles. The molecule has 0 aliphatic heterocycles. The van der Waals surface area contributed by atoms with E-state index in [1.807, 2.05) is 19.1 Å². The molecule has 0 bridgehead atoms. The van der Waals surface area contributed by atoms with Gasteiger partial charge in [-0.15, -0.1) is 11.8 Å². The number of allylic oxidation sites excluding steroid dienone is 4. The summed E-state index contributed by atoms with van der Waals surface area (Å²) in [7, 11) is 0. The lowest BCUT2D eigenvalue weighted by Gasteiger charge is -2.14. The molecule has 0 aromatic carbocycles. The van der Waals surface area contributed by atoms with E-state index in [-0.39, 0.29) is 0 Å². The Balaban J connectivity index is 3.01. The van der Waals surface area contributed by atoms with Crippen molar-refractivity contribution in [1.82, 2.24) is 0 Å². The number of hydrogen-bond acceptors (Lipinski definition) is 2. The van der Waals surface area contributed by atoms with Crippen LogP contribution in [0.4, 0.5) is 0 Å². The van der Waals surface area contributed by atoms with Gasteiger partial charge in [0.15, 0.2) is 0 Å². The van der Waals surface area contributed by atoms with Crippen molar-refractivity contribution in [2.45, 2.75) is 13.3 Å². The van der Waals surface area contributed by atoms with Gasteiger partial charge in [-0.1, -0.05) is 12.2 Å². The second-order valence-electron chi connectivity index (χ2n) is 2.86. The number of rotatable bonds is 2. The molecule has 1 aliphatic rings. The molecule has 1 aliphatic carbocycles. The van der Waals surface area contributed by atoms with Gasteiger partial charge in [0.05, 0.1) is 0 Å². The highest BCUT2D eigenvalue weighted by Crippen LogP contribution is 2.28. The van der Waals surface area contributed by atoms with Gasteiger partial charge in [-0.3, -0.25) is 0 Å². The second-order valence-corrected chi connectivity index (χ2v) is 3.71. The van der Waals surface area contributed by atoms with E-state index in [9.17, 15) is 0 Å². The smallest absolute Gasteiger partial charge is 0.0358 e. The van der Waals surface area contributed by atoms with Crippen molar-refractivity contribution in [3.63, 3.8) is 0 Å². The van der Waals surface area contributed by atoms with E-state index in [0.717, 1.165) is 12.0 Å². The summed E-state index contributed by atoms with van der Waals surface area (Å²) in [4.78, 5) is 1.25. The average Bonchev–Trinajstić information content (AvgIpc) is 2.04. The zero-order chi connectivity index (χ0) is 9.14. The standard InChI is InChI=1S/C10H13NS/c1-7(2)9-6-8(11)4-5-10(9)12-3/h4-5,11H,1,6H2,2-3H3. The molecule has 12 heavy (non-hydrogen) atoms. The summed E-state index contributed by atoms with van der Waals surface area (Å²) >= 11 is 1.72. The minimum Gasteiger partial charge on any atom is -0.305 e. The number of thioether (sulfide) groups is 1. The molecular formula is C10H13NS. The largest absolute Gasteiger partial charge is 0.305 e. The Kier molecular flexibility index (Phi) is 2.93. The van der Waals surface area contributed by atoms with Crippen molar-refractivity contribution >= 4 is 17.5 Å². The predicted molar refractivity (Wildman–Crippen MR) is 56.8 cm³/mol. The SMILES string of the molecule is C=C(C)C1=C(SC)C=CC(=N)C1. The Morgan fingerprint density at radius 1 is 1.58 bits per heavy atom. The molecule has 0 fully saturated rings. The molecule has 0 saturated heterocycles. The number of nitrogens with one attached hydrogen (secondary N) is 1. The fraction of sp³-hybridized carbons (Fsp3) is 0.300. The van der Waals surface area contributed by atoms with Gasteiger partial charge in [-0.25, -0.2) is 0 Å². The molecule has 64 valence electrons. The Labute approximate surface area is 77.8 Å². The highest BCUT2D eigenvalue weighted by Gasteiger charge is 2.10. The molecule has 0 spiro atoms. The van der Waals surface area contributed by atoms with Crippen LogP contribution in [-0.4, -0.2) is 12.0 Å². The summed E-state index contributed by atoms with van der Waals surface area (Å²) in [6, 6.07) is 0. The van der Waals surface area contributed by atoms with Crippen LogP contribution in [0.1, 0.15) is 13.3 Å². The molecule has 0 heterocycles. The normalized spacial score (nSPS) is 17.0. The first kappa shape index (κ1) is 9.33. The van der Waals surface area contributed by atoms with Crippen molar-refractivity contribution in [1.29, 1.82) is 5.41 Å². The Bertz CT molecular complexity index is 284. The maximum atomic E-state index is 7.51. The molecule has 1 N–H and O–H groups in total. The van der Waals surface area contributed by atoms with E-state index < -0.39 is 0 Å². The first-order chi connectivity index (χ1) is 5.65. The van der Waals surface area contributed by atoms with Crippen LogP contribution in [0.2, 0.25) is 0 Å². The molecule has 2 heteroatoms. The van der Waals surface area contributed by atoms with Crippen LogP contribution in [0.3, 0.4) is 0 Å². The maximum absolute atomic E-state index is 7.51. The monoisotopic (exact) mass is 179 g/mol. The van der Waals surface area contributed by atoms with Gasteiger partial charge >= 0.3 is 0 Å². The van der Waals surface area contributed by atoms with Gasteiger partial charge < -0.3 is 5.41 Å². The predicted octanol–water partition coefficient (Wildman–Crippen LogP) is 3.16. The van der Waals surface area contributed by atoms with Crippen LogP contribution in [-0.2, 0) is 0 Å². The zero-order valence-corrected chi connectivity index (χ0v) is 8.29. The van der Waals surface area contributed by atoms with E-state index >= 15 is 0 Å². The summed E-state index contributed by atoms with van der Waals surface area (Å²) < 4.78 is 0. The molecule has 0 saturated carbocycles. The lowest BCUT2D eigenvalue weighted by molar-refractivity contribution is 1.22. The minimum absolute atomic E-state index is 0.672. The average molecular weight is 179 g/mol. The summed E-state index contributed by atoms with van der Waals surface area (Å²) in [6.45, 7) is 5.91. The molecule has 1 rings (SSSR count). The second kappa shape index (κ2) is 3.76. The van der Waals surface area contributed by atoms with Crippen molar-refractivity contribution in [2.75, 3.05) is 6.26 Å². The fourth-order valence-electron chi connectivity index (χ4n) is 1.17. The maximum Gasteiger partial charge on any atom is 0.0358 e. The van der Waals surface area contributed by atoms with Gasteiger partial charge in [-0.05, 0) is 30.9 Å². The highest BCUT2D eigenvalue weighted by molar-refractivity contribution is 8.02. The van der Waals surface area contributed by atoms with E-state index in [0.29, 0.717) is 5.71 Å². The topological polar surface area (TPSA) is 23.9 Å². The highest BCUT2D eigenvalue weighted by atomic mass is 32.2. The third-order valence-corrected chi connectivity index (χ3v) is 2.66. The third-order valence-electron chi connectivity index (χ3n) is 1.84. The van der Waals surface area contributed by atoms with Crippen LogP contribution in [0, 0.1) is 5.41 Å². The minimum atomic E-state index is 0.672. The zero-order valence-electron chi connectivity index (χ0n) is 7.48.